The van der Waals surface area contributed by atoms with Crippen LogP contribution in [0.1, 0.15) is 63.0 Å². The quantitative estimate of drug-likeness (QED) is 0.446. The lowest BCUT2D eigenvalue weighted by atomic mass is 9.71. The molecule has 0 radical (unpaired) electrons. The fraction of sp³-hybridized carbons (Fsp3) is 0.357. The molecule has 2 aliphatic rings. The van der Waals surface area contributed by atoms with E-state index in [1.165, 1.54) is 7.11 Å². The number of carbonyl (C=O) groups excluding carboxylic acids is 2. The SMILES string of the molecule is CC[C@@H](C)OC(=O)C1=C(C)NC2=C(C(=O)C[C@H](c3ccccc3)C2)[C@@H]1c1cc(Br)c(O)c(OC)c1. The van der Waals surface area contributed by atoms with E-state index in [0.717, 1.165) is 11.3 Å². The molecule has 1 aliphatic carbocycles. The molecule has 0 spiro atoms. The molecular formula is C28H30BrNO5. The van der Waals surface area contributed by atoms with Crippen LogP contribution in [0.25, 0.3) is 0 Å². The summed E-state index contributed by atoms with van der Waals surface area (Å²) in [6.45, 7) is 5.64. The van der Waals surface area contributed by atoms with E-state index in [-0.39, 0.29) is 29.3 Å². The van der Waals surface area contributed by atoms with E-state index in [9.17, 15) is 14.7 Å². The molecule has 0 fully saturated rings. The Morgan fingerprint density at radius 1 is 1.20 bits per heavy atom. The summed E-state index contributed by atoms with van der Waals surface area (Å²) >= 11 is 3.39. The molecule has 1 aliphatic heterocycles. The van der Waals surface area contributed by atoms with Crippen molar-refractivity contribution in [2.45, 2.75) is 58.0 Å². The van der Waals surface area contributed by atoms with Gasteiger partial charge in [0.2, 0.25) is 0 Å². The van der Waals surface area contributed by atoms with Crippen molar-refractivity contribution in [1.82, 2.24) is 5.32 Å². The average Bonchev–Trinajstić information content (AvgIpc) is 2.84. The zero-order valence-electron chi connectivity index (χ0n) is 20.4. The number of allylic oxidation sites excluding steroid dienone is 3. The fourth-order valence-corrected chi connectivity index (χ4v) is 5.31. The Labute approximate surface area is 214 Å². The van der Waals surface area contributed by atoms with E-state index in [2.05, 4.69) is 21.2 Å². The van der Waals surface area contributed by atoms with Crippen LogP contribution in [0.5, 0.6) is 11.5 Å². The van der Waals surface area contributed by atoms with E-state index >= 15 is 0 Å². The molecule has 0 unspecified atom stereocenters. The number of ketones is 1. The van der Waals surface area contributed by atoms with Gasteiger partial charge < -0.3 is 19.9 Å². The lowest BCUT2D eigenvalue weighted by molar-refractivity contribution is -0.144. The number of hydrogen-bond donors (Lipinski definition) is 2. The normalized spacial score (nSPS) is 20.8. The lowest BCUT2D eigenvalue weighted by Crippen LogP contribution is -2.36. The summed E-state index contributed by atoms with van der Waals surface area (Å²) in [6.07, 6.45) is 1.43. The average molecular weight is 540 g/mol. The molecule has 0 amide bonds. The minimum absolute atomic E-state index is 0.0119. The maximum Gasteiger partial charge on any atom is 0.337 e. The van der Waals surface area contributed by atoms with Gasteiger partial charge in [0.15, 0.2) is 17.3 Å². The van der Waals surface area contributed by atoms with Gasteiger partial charge in [-0.2, -0.15) is 0 Å². The molecule has 1 heterocycles. The molecule has 7 heteroatoms. The molecule has 0 bridgehead atoms. The number of aromatic hydroxyl groups is 1. The van der Waals surface area contributed by atoms with Crippen molar-refractivity contribution >= 4 is 27.7 Å². The molecule has 184 valence electrons. The highest BCUT2D eigenvalue weighted by Crippen LogP contribution is 2.48. The maximum atomic E-state index is 13.7. The number of phenols is 1. The molecule has 3 atom stereocenters. The number of ether oxygens (including phenoxy) is 2. The Balaban J connectivity index is 1.85. The van der Waals surface area contributed by atoms with Crippen molar-refractivity contribution in [3.8, 4) is 11.5 Å². The van der Waals surface area contributed by atoms with E-state index < -0.39 is 11.9 Å². The van der Waals surface area contributed by atoms with Gasteiger partial charge in [0.1, 0.15) is 0 Å². The monoisotopic (exact) mass is 539 g/mol. The number of nitrogens with one attached hydrogen (secondary N) is 1. The van der Waals surface area contributed by atoms with Crippen LogP contribution in [0.2, 0.25) is 0 Å². The van der Waals surface area contributed by atoms with Gasteiger partial charge in [0.05, 0.1) is 23.3 Å². The molecule has 4 rings (SSSR count). The summed E-state index contributed by atoms with van der Waals surface area (Å²) in [5.41, 5.74) is 4.23. The fourth-order valence-electron chi connectivity index (χ4n) is 4.85. The predicted molar refractivity (Wildman–Crippen MR) is 137 cm³/mol. The smallest absolute Gasteiger partial charge is 0.337 e. The number of esters is 1. The lowest BCUT2D eigenvalue weighted by Gasteiger charge is -2.37. The summed E-state index contributed by atoms with van der Waals surface area (Å²) in [5, 5.41) is 13.7. The Morgan fingerprint density at radius 2 is 1.91 bits per heavy atom. The minimum atomic E-state index is -0.641. The first kappa shape index (κ1) is 25.0. The highest BCUT2D eigenvalue weighted by molar-refractivity contribution is 9.10. The maximum absolute atomic E-state index is 13.7. The van der Waals surface area contributed by atoms with E-state index in [4.69, 9.17) is 9.47 Å². The Bertz CT molecular complexity index is 1220. The summed E-state index contributed by atoms with van der Waals surface area (Å²) < 4.78 is 11.5. The molecule has 0 aromatic heterocycles. The third kappa shape index (κ3) is 4.87. The number of dihydropyridines is 1. The Morgan fingerprint density at radius 3 is 2.57 bits per heavy atom. The molecular weight excluding hydrogens is 510 g/mol. The predicted octanol–water partition coefficient (Wildman–Crippen LogP) is 5.87. The van der Waals surface area contributed by atoms with Crippen LogP contribution in [-0.2, 0) is 14.3 Å². The first-order valence-corrected chi connectivity index (χ1v) is 12.6. The molecule has 2 aromatic rings. The number of phenolic OH excluding ortho intramolecular Hbond substituents is 1. The summed E-state index contributed by atoms with van der Waals surface area (Å²) in [4.78, 5) is 27.1. The Hall–Kier alpha value is -3.06. The number of benzene rings is 2. The van der Waals surface area contributed by atoms with E-state index in [0.29, 0.717) is 46.1 Å². The standard InChI is InChI=1S/C28H30BrNO5/c1-5-15(2)35-28(33)24-16(3)30-21-12-18(17-9-7-6-8-10-17)13-22(31)26(21)25(24)19-11-20(29)27(32)23(14-19)34-4/h6-11,14-15,18,25,30,32H,5,12-13H2,1-4H3/t15-,18-,25-/m1/s1. The first-order valence-electron chi connectivity index (χ1n) is 11.8. The van der Waals surface area contributed by atoms with Gasteiger partial charge in [-0.15, -0.1) is 0 Å². The molecule has 6 nitrogen and oxygen atoms in total. The number of Topliss-reactive ketones (excluding diaryl/α,β-unsaturated/α-hetero) is 1. The molecule has 2 aromatic carbocycles. The number of hydrogen-bond acceptors (Lipinski definition) is 6. The number of halogens is 1. The number of carbonyl (C=O) groups is 2. The third-order valence-corrected chi connectivity index (χ3v) is 7.41. The number of rotatable bonds is 6. The van der Waals surface area contributed by atoms with Crippen LogP contribution in [-0.4, -0.2) is 30.1 Å². The van der Waals surface area contributed by atoms with Gasteiger partial charge in [-0.25, -0.2) is 4.79 Å². The van der Waals surface area contributed by atoms with Gasteiger partial charge in [-0.05, 0) is 71.8 Å². The van der Waals surface area contributed by atoms with Crippen molar-refractivity contribution in [3.63, 3.8) is 0 Å². The summed E-state index contributed by atoms with van der Waals surface area (Å²) in [5.74, 6) is -0.837. The topological polar surface area (TPSA) is 84.9 Å². The first-order chi connectivity index (χ1) is 16.7. The van der Waals surface area contributed by atoms with E-state index in [1.807, 2.05) is 51.1 Å². The van der Waals surface area contributed by atoms with Crippen molar-refractivity contribution in [2.24, 2.45) is 0 Å². The summed E-state index contributed by atoms with van der Waals surface area (Å²) in [6, 6.07) is 13.4. The minimum Gasteiger partial charge on any atom is -0.503 e. The largest absolute Gasteiger partial charge is 0.503 e. The van der Waals surface area contributed by atoms with Crippen LogP contribution in [0, 0.1) is 0 Å². The van der Waals surface area contributed by atoms with Crippen molar-refractivity contribution in [1.29, 1.82) is 0 Å². The van der Waals surface area contributed by atoms with Gasteiger partial charge in [-0.3, -0.25) is 4.79 Å². The van der Waals surface area contributed by atoms with Gasteiger partial charge in [0, 0.05) is 29.3 Å². The van der Waals surface area contributed by atoms with Gasteiger partial charge >= 0.3 is 5.97 Å². The second-order valence-electron chi connectivity index (χ2n) is 9.11. The summed E-state index contributed by atoms with van der Waals surface area (Å²) in [7, 11) is 1.47. The van der Waals surface area contributed by atoms with Crippen LogP contribution in [0.4, 0.5) is 0 Å². The highest BCUT2D eigenvalue weighted by Gasteiger charge is 2.42. The van der Waals surface area contributed by atoms with Gasteiger partial charge in [-0.1, -0.05) is 37.3 Å². The second-order valence-corrected chi connectivity index (χ2v) is 9.96. The molecule has 0 saturated heterocycles. The zero-order valence-corrected chi connectivity index (χ0v) is 21.9. The van der Waals surface area contributed by atoms with Crippen molar-refractivity contribution in [2.75, 3.05) is 7.11 Å². The molecule has 2 N–H and O–H groups in total. The molecule has 35 heavy (non-hydrogen) atoms. The van der Waals surface area contributed by atoms with Crippen LogP contribution in [0.15, 0.2) is 69.5 Å². The van der Waals surface area contributed by atoms with Crippen LogP contribution < -0.4 is 10.1 Å². The molecule has 0 saturated carbocycles. The number of methoxy groups -OCH3 is 1. The highest BCUT2D eigenvalue weighted by atomic mass is 79.9. The van der Waals surface area contributed by atoms with E-state index in [1.54, 1.807) is 12.1 Å². The Kier molecular flexibility index (Phi) is 7.36. The van der Waals surface area contributed by atoms with Crippen molar-refractivity contribution in [3.05, 3.63) is 80.6 Å². The second kappa shape index (κ2) is 10.3. The third-order valence-electron chi connectivity index (χ3n) is 6.81. The zero-order chi connectivity index (χ0) is 25.3. The van der Waals surface area contributed by atoms with Gasteiger partial charge in [0.25, 0.3) is 0 Å². The van der Waals surface area contributed by atoms with Crippen molar-refractivity contribution < 1.29 is 24.2 Å². The van der Waals surface area contributed by atoms with Crippen LogP contribution >= 0.6 is 15.9 Å². The van der Waals surface area contributed by atoms with Crippen LogP contribution in [0.3, 0.4) is 0 Å².